The summed E-state index contributed by atoms with van der Waals surface area (Å²) in [6, 6.07) is 0. The van der Waals surface area contributed by atoms with Crippen LogP contribution < -0.4 is 0 Å². The van der Waals surface area contributed by atoms with Crippen molar-refractivity contribution in [2.75, 3.05) is 13.2 Å². The van der Waals surface area contributed by atoms with Crippen molar-refractivity contribution in [3.05, 3.63) is 6.42 Å². The first-order chi connectivity index (χ1) is 8.93. The smallest absolute Gasteiger partial charge is 0.157 e. The molecular formula is C16H31O2. The molecule has 1 aliphatic heterocycles. The molecule has 1 saturated heterocycles. The van der Waals surface area contributed by atoms with Gasteiger partial charge in [0.15, 0.2) is 6.29 Å². The molecular weight excluding hydrogens is 224 g/mol. The van der Waals surface area contributed by atoms with Crippen LogP contribution in [0.1, 0.15) is 77.6 Å². The van der Waals surface area contributed by atoms with E-state index in [1.54, 1.807) is 0 Å². The standard InChI is InChI=1S/C16H31O2/c1-2-3-4-5-6-7-8-9-10-11-13-16-17-14-12-15-18-16/h12,16H,2-11,13-15H2,1H3. The quantitative estimate of drug-likeness (QED) is 0.490. The Morgan fingerprint density at radius 2 is 1.28 bits per heavy atom. The van der Waals surface area contributed by atoms with Crippen LogP contribution in [0.3, 0.4) is 0 Å². The minimum absolute atomic E-state index is 0.0732. The van der Waals surface area contributed by atoms with Gasteiger partial charge in [-0.3, -0.25) is 0 Å². The Balaban J connectivity index is 1.73. The van der Waals surface area contributed by atoms with E-state index in [4.69, 9.17) is 9.47 Å². The van der Waals surface area contributed by atoms with Crippen molar-refractivity contribution in [2.45, 2.75) is 83.8 Å². The van der Waals surface area contributed by atoms with Gasteiger partial charge in [0.2, 0.25) is 0 Å². The number of hydrogen-bond acceptors (Lipinski definition) is 2. The number of rotatable bonds is 11. The van der Waals surface area contributed by atoms with Crippen molar-refractivity contribution in [3.8, 4) is 0 Å². The van der Waals surface area contributed by atoms with E-state index in [1.807, 2.05) is 6.42 Å². The number of unbranched alkanes of at least 4 members (excludes halogenated alkanes) is 9. The van der Waals surface area contributed by atoms with Gasteiger partial charge in [0.05, 0.1) is 13.2 Å². The van der Waals surface area contributed by atoms with E-state index in [-0.39, 0.29) is 6.29 Å². The van der Waals surface area contributed by atoms with Gasteiger partial charge in [-0.1, -0.05) is 64.7 Å². The molecule has 2 nitrogen and oxygen atoms in total. The maximum absolute atomic E-state index is 5.48. The summed E-state index contributed by atoms with van der Waals surface area (Å²) >= 11 is 0. The molecule has 1 radical (unpaired) electrons. The molecule has 0 aromatic rings. The third-order valence-corrected chi connectivity index (χ3v) is 3.59. The maximum Gasteiger partial charge on any atom is 0.157 e. The topological polar surface area (TPSA) is 18.5 Å². The van der Waals surface area contributed by atoms with Crippen molar-refractivity contribution >= 4 is 0 Å². The fraction of sp³-hybridized carbons (Fsp3) is 0.938. The van der Waals surface area contributed by atoms with Crippen LogP contribution in [0.5, 0.6) is 0 Å². The Kier molecular flexibility index (Phi) is 10.6. The normalized spacial score (nSPS) is 17.2. The fourth-order valence-corrected chi connectivity index (χ4v) is 2.41. The van der Waals surface area contributed by atoms with Crippen LogP contribution in [-0.4, -0.2) is 19.5 Å². The summed E-state index contributed by atoms with van der Waals surface area (Å²) in [6.45, 7) is 3.81. The summed E-state index contributed by atoms with van der Waals surface area (Å²) in [5, 5.41) is 0. The first-order valence-electron chi connectivity index (χ1n) is 7.98. The summed E-state index contributed by atoms with van der Waals surface area (Å²) in [5.74, 6) is 0. The van der Waals surface area contributed by atoms with Crippen LogP contribution >= 0.6 is 0 Å². The number of ether oxygens (including phenoxy) is 2. The molecule has 0 unspecified atom stereocenters. The molecule has 107 valence electrons. The molecule has 1 fully saturated rings. The molecule has 0 saturated carbocycles. The SMILES string of the molecule is CCCCCCCCCCCCC1OC[CH]CO1. The molecule has 0 amide bonds. The average Bonchev–Trinajstić information content (AvgIpc) is 2.42. The lowest BCUT2D eigenvalue weighted by Gasteiger charge is -2.22. The Hall–Kier alpha value is -0.0800. The van der Waals surface area contributed by atoms with E-state index in [1.165, 1.54) is 64.2 Å². The van der Waals surface area contributed by atoms with Crippen molar-refractivity contribution in [2.24, 2.45) is 0 Å². The van der Waals surface area contributed by atoms with E-state index < -0.39 is 0 Å². The summed E-state index contributed by atoms with van der Waals surface area (Å²) in [4.78, 5) is 0. The van der Waals surface area contributed by atoms with Crippen molar-refractivity contribution in [1.82, 2.24) is 0 Å². The second-order valence-corrected chi connectivity index (χ2v) is 5.36. The molecule has 1 heterocycles. The number of hydrogen-bond donors (Lipinski definition) is 0. The molecule has 0 spiro atoms. The van der Waals surface area contributed by atoms with Gasteiger partial charge in [-0.15, -0.1) is 0 Å². The lowest BCUT2D eigenvalue weighted by atomic mass is 10.1. The van der Waals surface area contributed by atoms with E-state index in [0.717, 1.165) is 19.6 Å². The molecule has 0 aromatic carbocycles. The lowest BCUT2D eigenvalue weighted by Crippen LogP contribution is -2.25. The van der Waals surface area contributed by atoms with Crippen molar-refractivity contribution in [3.63, 3.8) is 0 Å². The third-order valence-electron chi connectivity index (χ3n) is 3.59. The second kappa shape index (κ2) is 12.0. The van der Waals surface area contributed by atoms with Crippen LogP contribution in [0, 0.1) is 6.42 Å². The van der Waals surface area contributed by atoms with Gasteiger partial charge in [0, 0.05) is 6.42 Å². The summed E-state index contributed by atoms with van der Waals surface area (Å²) < 4.78 is 11.0. The molecule has 1 aliphatic rings. The van der Waals surface area contributed by atoms with Gasteiger partial charge in [-0.25, -0.2) is 0 Å². The van der Waals surface area contributed by atoms with E-state index in [2.05, 4.69) is 6.92 Å². The zero-order valence-corrected chi connectivity index (χ0v) is 12.2. The van der Waals surface area contributed by atoms with E-state index >= 15 is 0 Å². The van der Waals surface area contributed by atoms with Crippen LogP contribution in [0.4, 0.5) is 0 Å². The molecule has 2 heteroatoms. The van der Waals surface area contributed by atoms with Crippen LogP contribution in [-0.2, 0) is 9.47 Å². The van der Waals surface area contributed by atoms with E-state index in [9.17, 15) is 0 Å². The van der Waals surface area contributed by atoms with Gasteiger partial charge >= 0.3 is 0 Å². The van der Waals surface area contributed by atoms with Gasteiger partial charge in [0.25, 0.3) is 0 Å². The fourth-order valence-electron chi connectivity index (χ4n) is 2.41. The van der Waals surface area contributed by atoms with Gasteiger partial charge in [-0.05, 0) is 12.8 Å². The monoisotopic (exact) mass is 255 g/mol. The average molecular weight is 255 g/mol. The predicted octanol–water partition coefficient (Wildman–Crippen LogP) is 4.87. The molecule has 0 N–H and O–H groups in total. The first kappa shape index (κ1) is 16.0. The third kappa shape index (κ3) is 8.93. The highest BCUT2D eigenvalue weighted by Crippen LogP contribution is 2.15. The highest BCUT2D eigenvalue weighted by molar-refractivity contribution is 4.67. The molecule has 0 aromatic heterocycles. The van der Waals surface area contributed by atoms with Gasteiger partial charge in [0.1, 0.15) is 0 Å². The Labute approximate surface area is 113 Å². The van der Waals surface area contributed by atoms with Crippen LogP contribution in [0.25, 0.3) is 0 Å². The Morgan fingerprint density at radius 1 is 0.778 bits per heavy atom. The Morgan fingerprint density at radius 3 is 1.83 bits per heavy atom. The largest absolute Gasteiger partial charge is 0.352 e. The van der Waals surface area contributed by atoms with Crippen LogP contribution in [0.15, 0.2) is 0 Å². The minimum atomic E-state index is 0.0732. The highest BCUT2D eigenvalue weighted by atomic mass is 16.7. The zero-order valence-electron chi connectivity index (χ0n) is 12.2. The summed E-state index contributed by atoms with van der Waals surface area (Å²) in [6.07, 6.45) is 17.1. The highest BCUT2D eigenvalue weighted by Gasteiger charge is 2.12. The molecule has 0 aliphatic carbocycles. The second-order valence-electron chi connectivity index (χ2n) is 5.36. The Bertz CT molecular complexity index is 164. The maximum atomic E-state index is 5.48. The summed E-state index contributed by atoms with van der Waals surface area (Å²) in [7, 11) is 0. The molecule has 18 heavy (non-hydrogen) atoms. The lowest BCUT2D eigenvalue weighted by molar-refractivity contribution is -0.162. The predicted molar refractivity (Wildman–Crippen MR) is 76.5 cm³/mol. The van der Waals surface area contributed by atoms with E-state index in [0.29, 0.717) is 0 Å². The molecule has 0 bridgehead atoms. The summed E-state index contributed by atoms with van der Waals surface area (Å²) in [5.41, 5.74) is 0. The van der Waals surface area contributed by atoms with Crippen LogP contribution in [0.2, 0.25) is 0 Å². The molecule has 1 rings (SSSR count). The first-order valence-corrected chi connectivity index (χ1v) is 7.98. The van der Waals surface area contributed by atoms with Gasteiger partial charge in [-0.2, -0.15) is 0 Å². The minimum Gasteiger partial charge on any atom is -0.352 e. The molecule has 0 atom stereocenters. The zero-order chi connectivity index (χ0) is 12.9. The van der Waals surface area contributed by atoms with Crippen molar-refractivity contribution < 1.29 is 9.47 Å². The van der Waals surface area contributed by atoms with Crippen molar-refractivity contribution in [1.29, 1.82) is 0 Å². The van der Waals surface area contributed by atoms with Gasteiger partial charge < -0.3 is 9.47 Å².